The Labute approximate surface area is 99.6 Å². The van der Waals surface area contributed by atoms with Crippen molar-refractivity contribution in [2.24, 2.45) is 0 Å². The molecule has 1 rings (SSSR count). The molecule has 106 valence electrons. The smallest absolute Gasteiger partial charge is 0.502 e. The average molecular weight is 291 g/mol. The van der Waals surface area contributed by atoms with E-state index in [-0.39, 0.29) is 6.07 Å². The zero-order valence-electron chi connectivity index (χ0n) is 8.50. The minimum atomic E-state index is -5.44. The van der Waals surface area contributed by atoms with Crippen molar-refractivity contribution in [3.63, 3.8) is 0 Å². The number of hydrogen-bond donors (Lipinski definition) is 2. The van der Waals surface area contributed by atoms with Gasteiger partial charge in [0.05, 0.1) is 0 Å². The van der Waals surface area contributed by atoms with Gasteiger partial charge in [-0.25, -0.2) is 9.78 Å². The Bertz CT molecular complexity index is 509. The van der Waals surface area contributed by atoms with Crippen LogP contribution in [-0.2, 0) is 6.18 Å². The van der Waals surface area contributed by atoms with Crippen molar-refractivity contribution in [1.29, 1.82) is 0 Å². The molecule has 0 bridgehead atoms. The molecule has 19 heavy (non-hydrogen) atoms. The van der Waals surface area contributed by atoms with E-state index in [0.717, 1.165) is 0 Å². The lowest BCUT2D eigenvalue weighted by Gasteiger charge is -2.13. The van der Waals surface area contributed by atoms with Gasteiger partial charge in [0.25, 0.3) is 5.88 Å². The number of halogens is 6. The monoisotopic (exact) mass is 291 g/mol. The van der Waals surface area contributed by atoms with Crippen molar-refractivity contribution in [3.8, 4) is 11.6 Å². The summed E-state index contributed by atoms with van der Waals surface area (Å²) >= 11 is 0. The van der Waals surface area contributed by atoms with Crippen LogP contribution < -0.4 is 4.74 Å². The number of hydrogen-bond acceptors (Lipinski definition) is 4. The van der Waals surface area contributed by atoms with Gasteiger partial charge < -0.3 is 14.9 Å². The minimum absolute atomic E-state index is 0.110. The van der Waals surface area contributed by atoms with Gasteiger partial charge in [-0.2, -0.15) is 13.2 Å². The number of carboxylic acids is 1. The van der Waals surface area contributed by atoms with Crippen molar-refractivity contribution in [3.05, 3.63) is 17.3 Å². The van der Waals surface area contributed by atoms with Crippen LogP contribution in [0, 0.1) is 0 Å². The number of carbonyl (C=O) groups is 1. The normalized spacial score (nSPS) is 12.3. The molecule has 0 saturated carbocycles. The summed E-state index contributed by atoms with van der Waals surface area (Å²) < 4.78 is 75.6. The summed E-state index contributed by atoms with van der Waals surface area (Å²) in [6.45, 7) is 0. The lowest BCUT2D eigenvalue weighted by molar-refractivity contribution is -0.277. The molecule has 0 amide bonds. The molecule has 5 nitrogen and oxygen atoms in total. The maximum Gasteiger partial charge on any atom is 0.574 e. The lowest BCUT2D eigenvalue weighted by atomic mass is 10.2. The molecule has 0 radical (unpaired) electrons. The highest BCUT2D eigenvalue weighted by Gasteiger charge is 2.39. The van der Waals surface area contributed by atoms with E-state index in [9.17, 15) is 31.1 Å². The van der Waals surface area contributed by atoms with Crippen molar-refractivity contribution < 1.29 is 46.1 Å². The van der Waals surface area contributed by atoms with Crippen LogP contribution in [0.25, 0.3) is 0 Å². The van der Waals surface area contributed by atoms with Crippen LogP contribution in [0.15, 0.2) is 6.07 Å². The Morgan fingerprint density at radius 1 is 1.21 bits per heavy atom. The van der Waals surface area contributed by atoms with Gasteiger partial charge in [0.2, 0.25) is 0 Å². The molecule has 0 aliphatic carbocycles. The van der Waals surface area contributed by atoms with E-state index < -0.39 is 41.4 Å². The van der Waals surface area contributed by atoms with Crippen LogP contribution in [-0.4, -0.2) is 27.5 Å². The summed E-state index contributed by atoms with van der Waals surface area (Å²) in [7, 11) is 0. The van der Waals surface area contributed by atoms with E-state index >= 15 is 0 Å². The van der Waals surface area contributed by atoms with Crippen LogP contribution in [0.1, 0.15) is 16.1 Å². The lowest BCUT2D eigenvalue weighted by Crippen LogP contribution is -2.20. The van der Waals surface area contributed by atoms with E-state index in [0.29, 0.717) is 0 Å². The molecule has 0 saturated heterocycles. The number of aromatic carboxylic acids is 1. The molecule has 0 atom stereocenters. The second-order valence-electron chi connectivity index (χ2n) is 3.06. The van der Waals surface area contributed by atoms with Crippen LogP contribution in [0.2, 0.25) is 0 Å². The fourth-order valence-corrected chi connectivity index (χ4v) is 1.00. The summed E-state index contributed by atoms with van der Waals surface area (Å²) in [5.74, 6) is -5.62. The molecule has 11 heteroatoms. The first-order chi connectivity index (χ1) is 8.42. The summed E-state index contributed by atoms with van der Waals surface area (Å²) in [4.78, 5) is 12.9. The highest BCUT2D eigenvalue weighted by molar-refractivity contribution is 5.91. The minimum Gasteiger partial charge on any atom is -0.502 e. The van der Waals surface area contributed by atoms with Gasteiger partial charge in [-0.3, -0.25) is 0 Å². The summed E-state index contributed by atoms with van der Waals surface area (Å²) in [6.07, 6.45) is -10.6. The third-order valence-corrected chi connectivity index (χ3v) is 1.69. The number of rotatable bonds is 2. The van der Waals surface area contributed by atoms with Crippen LogP contribution in [0.5, 0.6) is 11.6 Å². The van der Waals surface area contributed by atoms with Crippen molar-refractivity contribution in [2.45, 2.75) is 12.5 Å². The van der Waals surface area contributed by atoms with E-state index in [4.69, 9.17) is 10.2 Å². The maximum absolute atomic E-state index is 12.3. The number of ether oxygens (including phenoxy) is 1. The predicted octanol–water partition coefficient (Wildman–Crippen LogP) is 2.40. The predicted molar refractivity (Wildman–Crippen MR) is 44.5 cm³/mol. The third kappa shape index (κ3) is 3.63. The fraction of sp³-hybridized carbons (Fsp3) is 0.250. The second kappa shape index (κ2) is 4.48. The number of aromatic hydroxyl groups is 1. The zero-order valence-corrected chi connectivity index (χ0v) is 8.50. The van der Waals surface area contributed by atoms with Crippen LogP contribution in [0.3, 0.4) is 0 Å². The van der Waals surface area contributed by atoms with Gasteiger partial charge in [0.15, 0.2) is 5.75 Å². The summed E-state index contributed by atoms with van der Waals surface area (Å²) in [5.41, 5.74) is -3.36. The van der Waals surface area contributed by atoms with E-state index in [1.165, 1.54) is 0 Å². The standard InChI is InChI=1S/C8H3F6NO4/c9-7(10,11)3-1-2(6(17)18)4(16)5(15-3)19-8(12,13)14/h1,16H,(H,17,18). The van der Waals surface area contributed by atoms with E-state index in [1.54, 1.807) is 0 Å². The van der Waals surface area contributed by atoms with Gasteiger partial charge in [-0.15, -0.1) is 13.2 Å². The first-order valence-electron chi connectivity index (χ1n) is 4.22. The molecule has 1 heterocycles. The second-order valence-corrected chi connectivity index (χ2v) is 3.06. The van der Waals surface area contributed by atoms with Gasteiger partial charge in [0, 0.05) is 0 Å². The SMILES string of the molecule is O=C(O)c1cc(C(F)(F)F)nc(OC(F)(F)F)c1O. The first kappa shape index (κ1) is 14.9. The molecule has 0 aliphatic rings. The van der Waals surface area contributed by atoms with Crippen LogP contribution in [0.4, 0.5) is 26.3 Å². The van der Waals surface area contributed by atoms with E-state index in [1.807, 2.05) is 0 Å². The number of nitrogens with zero attached hydrogens (tertiary/aromatic N) is 1. The van der Waals surface area contributed by atoms with Gasteiger partial charge in [0.1, 0.15) is 11.3 Å². The van der Waals surface area contributed by atoms with Crippen molar-refractivity contribution >= 4 is 5.97 Å². The zero-order chi connectivity index (χ0) is 15.0. The highest BCUT2D eigenvalue weighted by atomic mass is 19.4. The Morgan fingerprint density at radius 3 is 2.11 bits per heavy atom. The topological polar surface area (TPSA) is 79.7 Å². The molecule has 1 aromatic rings. The van der Waals surface area contributed by atoms with Crippen LogP contribution >= 0.6 is 0 Å². The van der Waals surface area contributed by atoms with E-state index in [2.05, 4.69) is 9.72 Å². The van der Waals surface area contributed by atoms with Crippen molar-refractivity contribution in [1.82, 2.24) is 4.98 Å². The fourth-order valence-electron chi connectivity index (χ4n) is 1.00. The number of alkyl halides is 6. The summed E-state index contributed by atoms with van der Waals surface area (Å²) in [6, 6.07) is -0.110. The largest absolute Gasteiger partial charge is 0.574 e. The highest BCUT2D eigenvalue weighted by Crippen LogP contribution is 2.37. The molecule has 0 unspecified atom stereocenters. The number of carboxylic acid groups (broad SMARTS) is 1. The summed E-state index contributed by atoms with van der Waals surface area (Å²) in [5, 5.41) is 17.6. The van der Waals surface area contributed by atoms with Gasteiger partial charge in [-0.05, 0) is 6.07 Å². The number of aromatic nitrogens is 1. The van der Waals surface area contributed by atoms with Gasteiger partial charge in [-0.1, -0.05) is 0 Å². The molecular formula is C8H3F6NO4. The van der Waals surface area contributed by atoms with Crippen molar-refractivity contribution in [2.75, 3.05) is 0 Å². The molecule has 0 aliphatic heterocycles. The molecular weight excluding hydrogens is 288 g/mol. The molecule has 0 aromatic carbocycles. The Hall–Kier alpha value is -2.20. The number of pyridine rings is 1. The average Bonchev–Trinajstić information content (AvgIpc) is 2.16. The molecule has 0 spiro atoms. The molecule has 2 N–H and O–H groups in total. The molecule has 1 aromatic heterocycles. The quantitative estimate of drug-likeness (QED) is 0.818. The van der Waals surface area contributed by atoms with Gasteiger partial charge >= 0.3 is 18.5 Å². The first-order valence-corrected chi connectivity index (χ1v) is 4.22. The maximum atomic E-state index is 12.3. The Balaban J connectivity index is 3.45. The Kier molecular flexibility index (Phi) is 3.50. The Morgan fingerprint density at radius 2 is 1.74 bits per heavy atom. The molecule has 0 fully saturated rings. The third-order valence-electron chi connectivity index (χ3n) is 1.69.